The van der Waals surface area contributed by atoms with Crippen LogP contribution in [0.5, 0.6) is 0 Å². The van der Waals surface area contributed by atoms with Gasteiger partial charge in [0.05, 0.1) is 13.2 Å². The van der Waals surface area contributed by atoms with Gasteiger partial charge >= 0.3 is 0 Å². The topological polar surface area (TPSA) is 59.6 Å². The quantitative estimate of drug-likeness (QED) is 0.487. The molecule has 1 fully saturated rings. The first kappa shape index (κ1) is 12.4. The van der Waals surface area contributed by atoms with E-state index >= 15 is 0 Å². The number of hydrogen-bond acceptors (Lipinski definition) is 4. The van der Waals surface area contributed by atoms with E-state index in [1.54, 1.807) is 7.11 Å². The lowest BCUT2D eigenvalue weighted by Crippen LogP contribution is -2.34. The van der Waals surface area contributed by atoms with E-state index in [4.69, 9.17) is 9.57 Å². The molecule has 15 heavy (non-hydrogen) atoms. The number of rotatable bonds is 6. The number of hydrogen-bond donors (Lipinski definition) is 2. The van der Waals surface area contributed by atoms with E-state index in [0.29, 0.717) is 25.6 Å². The number of piperidine rings is 1. The second-order valence-electron chi connectivity index (χ2n) is 3.78. The van der Waals surface area contributed by atoms with Crippen LogP contribution < -0.4 is 10.8 Å². The number of carbonyl (C=O) groups is 1. The van der Waals surface area contributed by atoms with Crippen LogP contribution in [-0.4, -0.2) is 39.3 Å². The summed E-state index contributed by atoms with van der Waals surface area (Å²) in [7, 11) is 1.60. The smallest absolute Gasteiger partial charge is 0.243 e. The number of hydroxylamine groups is 1. The van der Waals surface area contributed by atoms with Crippen LogP contribution in [-0.2, 0) is 14.4 Å². The number of ether oxygens (including phenoxy) is 1. The zero-order valence-corrected chi connectivity index (χ0v) is 9.25. The summed E-state index contributed by atoms with van der Waals surface area (Å²) >= 11 is 0. The van der Waals surface area contributed by atoms with Gasteiger partial charge in [-0.05, 0) is 31.8 Å². The summed E-state index contributed by atoms with van der Waals surface area (Å²) in [5.74, 6) is 0.407. The Balaban J connectivity index is 2.01. The lowest BCUT2D eigenvalue weighted by atomic mass is 9.96. The molecule has 1 aliphatic heterocycles. The zero-order valence-electron chi connectivity index (χ0n) is 9.25. The molecule has 0 aromatic rings. The molecule has 1 unspecified atom stereocenters. The van der Waals surface area contributed by atoms with E-state index < -0.39 is 0 Å². The highest BCUT2D eigenvalue weighted by Gasteiger charge is 2.16. The largest absolute Gasteiger partial charge is 0.382 e. The van der Waals surface area contributed by atoms with Crippen LogP contribution in [0.25, 0.3) is 0 Å². The Kier molecular flexibility index (Phi) is 6.31. The summed E-state index contributed by atoms with van der Waals surface area (Å²) in [4.78, 5) is 16.3. The predicted molar refractivity (Wildman–Crippen MR) is 56.2 cm³/mol. The van der Waals surface area contributed by atoms with E-state index in [-0.39, 0.29) is 5.91 Å². The third-order valence-electron chi connectivity index (χ3n) is 2.45. The molecular weight excluding hydrogens is 196 g/mol. The number of methoxy groups -OCH3 is 1. The van der Waals surface area contributed by atoms with Crippen molar-refractivity contribution >= 4 is 5.91 Å². The Morgan fingerprint density at radius 1 is 1.53 bits per heavy atom. The highest BCUT2D eigenvalue weighted by molar-refractivity contribution is 5.75. The van der Waals surface area contributed by atoms with Crippen LogP contribution >= 0.6 is 0 Å². The normalized spacial score (nSPS) is 21.3. The molecule has 5 nitrogen and oxygen atoms in total. The monoisotopic (exact) mass is 216 g/mol. The minimum absolute atomic E-state index is 0.0418. The molecule has 0 aliphatic carbocycles. The molecule has 88 valence electrons. The van der Waals surface area contributed by atoms with E-state index in [2.05, 4.69) is 10.8 Å². The van der Waals surface area contributed by atoms with Gasteiger partial charge in [0.25, 0.3) is 0 Å². The first-order chi connectivity index (χ1) is 7.33. The van der Waals surface area contributed by atoms with Crippen molar-refractivity contribution in [1.82, 2.24) is 10.8 Å². The van der Waals surface area contributed by atoms with E-state index in [1.165, 1.54) is 0 Å². The average Bonchev–Trinajstić information content (AvgIpc) is 2.26. The maximum absolute atomic E-state index is 11.4. The summed E-state index contributed by atoms with van der Waals surface area (Å²) < 4.78 is 4.79. The molecule has 1 atom stereocenters. The minimum Gasteiger partial charge on any atom is -0.382 e. The highest BCUT2D eigenvalue weighted by Crippen LogP contribution is 2.13. The van der Waals surface area contributed by atoms with Gasteiger partial charge in [-0.15, -0.1) is 0 Å². The molecule has 1 aliphatic rings. The molecule has 0 radical (unpaired) electrons. The fraction of sp³-hybridized carbons (Fsp3) is 0.900. The van der Waals surface area contributed by atoms with Crippen LogP contribution in [0.15, 0.2) is 0 Å². The third-order valence-corrected chi connectivity index (χ3v) is 2.45. The molecule has 0 spiro atoms. The van der Waals surface area contributed by atoms with Crippen LogP contribution in [0.2, 0.25) is 0 Å². The SMILES string of the molecule is COCCONC(=O)CC1CCCNC1. The third kappa shape index (κ3) is 5.71. The number of carbonyl (C=O) groups excluding carboxylic acids is 1. The van der Waals surface area contributed by atoms with Crippen molar-refractivity contribution in [3.63, 3.8) is 0 Å². The zero-order chi connectivity index (χ0) is 10.9. The molecule has 1 saturated heterocycles. The highest BCUT2D eigenvalue weighted by atomic mass is 16.7. The lowest BCUT2D eigenvalue weighted by Gasteiger charge is -2.21. The molecule has 1 rings (SSSR count). The Morgan fingerprint density at radius 2 is 2.40 bits per heavy atom. The van der Waals surface area contributed by atoms with Crippen LogP contribution in [0, 0.1) is 5.92 Å². The van der Waals surface area contributed by atoms with E-state index in [9.17, 15) is 4.79 Å². The molecule has 5 heteroatoms. The van der Waals surface area contributed by atoms with Gasteiger partial charge in [-0.25, -0.2) is 5.48 Å². The predicted octanol–water partition coefficient (Wildman–Crippen LogP) is 0.0703. The fourth-order valence-electron chi connectivity index (χ4n) is 1.66. The first-order valence-electron chi connectivity index (χ1n) is 5.43. The average molecular weight is 216 g/mol. The van der Waals surface area contributed by atoms with Crippen molar-refractivity contribution < 1.29 is 14.4 Å². The van der Waals surface area contributed by atoms with Crippen molar-refractivity contribution in [3.05, 3.63) is 0 Å². The van der Waals surface area contributed by atoms with Crippen molar-refractivity contribution in [3.8, 4) is 0 Å². The van der Waals surface area contributed by atoms with Gasteiger partial charge in [-0.2, -0.15) is 0 Å². The van der Waals surface area contributed by atoms with Crippen LogP contribution in [0.4, 0.5) is 0 Å². The first-order valence-corrected chi connectivity index (χ1v) is 5.43. The molecule has 0 aromatic heterocycles. The van der Waals surface area contributed by atoms with Gasteiger partial charge in [0.1, 0.15) is 0 Å². The van der Waals surface area contributed by atoms with Gasteiger partial charge in [0.2, 0.25) is 5.91 Å². The lowest BCUT2D eigenvalue weighted by molar-refractivity contribution is -0.135. The summed E-state index contributed by atoms with van der Waals surface area (Å²) in [5.41, 5.74) is 2.42. The summed E-state index contributed by atoms with van der Waals surface area (Å²) in [6.45, 7) is 2.89. The molecule has 1 amide bonds. The molecule has 0 bridgehead atoms. The summed E-state index contributed by atoms with van der Waals surface area (Å²) in [6.07, 6.45) is 2.82. The van der Waals surface area contributed by atoms with E-state index in [0.717, 1.165) is 25.9 Å². The van der Waals surface area contributed by atoms with Gasteiger partial charge in [0, 0.05) is 13.5 Å². The molecule has 0 aromatic carbocycles. The van der Waals surface area contributed by atoms with Crippen molar-refractivity contribution in [2.45, 2.75) is 19.3 Å². The van der Waals surface area contributed by atoms with Crippen LogP contribution in [0.3, 0.4) is 0 Å². The van der Waals surface area contributed by atoms with Gasteiger partial charge in [0.15, 0.2) is 0 Å². The minimum atomic E-state index is -0.0418. The van der Waals surface area contributed by atoms with Gasteiger partial charge < -0.3 is 10.1 Å². The van der Waals surface area contributed by atoms with Gasteiger partial charge in [-0.3, -0.25) is 9.63 Å². The second kappa shape index (κ2) is 7.62. The number of amides is 1. The number of nitrogens with one attached hydrogen (secondary N) is 2. The maximum Gasteiger partial charge on any atom is 0.243 e. The van der Waals surface area contributed by atoms with Gasteiger partial charge in [-0.1, -0.05) is 0 Å². The Labute approximate surface area is 90.5 Å². The maximum atomic E-state index is 11.4. The fourth-order valence-corrected chi connectivity index (χ4v) is 1.66. The van der Waals surface area contributed by atoms with Crippen molar-refractivity contribution in [2.75, 3.05) is 33.4 Å². The molecule has 2 N–H and O–H groups in total. The summed E-state index contributed by atoms with van der Waals surface area (Å²) in [5, 5.41) is 3.28. The Morgan fingerprint density at radius 3 is 3.07 bits per heavy atom. The summed E-state index contributed by atoms with van der Waals surface area (Å²) in [6, 6.07) is 0. The molecule has 0 saturated carbocycles. The van der Waals surface area contributed by atoms with Crippen molar-refractivity contribution in [2.24, 2.45) is 5.92 Å². The molecular formula is C10H20N2O3. The second-order valence-corrected chi connectivity index (χ2v) is 3.78. The Bertz CT molecular complexity index is 182. The van der Waals surface area contributed by atoms with Crippen LogP contribution in [0.1, 0.15) is 19.3 Å². The van der Waals surface area contributed by atoms with Crippen molar-refractivity contribution in [1.29, 1.82) is 0 Å². The molecule has 1 heterocycles. The van der Waals surface area contributed by atoms with E-state index in [1.807, 2.05) is 0 Å². The Hall–Kier alpha value is -0.650. The standard InChI is InChI=1S/C10H20N2O3/c1-14-5-6-15-12-10(13)7-9-3-2-4-11-8-9/h9,11H,2-8H2,1H3,(H,12,13).